The van der Waals surface area contributed by atoms with Gasteiger partial charge < -0.3 is 10.1 Å². The van der Waals surface area contributed by atoms with Crippen molar-refractivity contribution in [3.05, 3.63) is 102 Å². The predicted molar refractivity (Wildman–Crippen MR) is 120 cm³/mol. The van der Waals surface area contributed by atoms with E-state index >= 15 is 0 Å². The number of para-hydroxylation sites is 1. The molecule has 1 unspecified atom stereocenters. The number of rotatable bonds is 6. The molecule has 0 spiro atoms. The maximum absolute atomic E-state index is 12.9. The number of amides is 1. The van der Waals surface area contributed by atoms with Crippen molar-refractivity contribution < 1.29 is 14.3 Å². The van der Waals surface area contributed by atoms with Gasteiger partial charge in [-0.05, 0) is 24.6 Å². The zero-order valence-corrected chi connectivity index (χ0v) is 17.1. The van der Waals surface area contributed by atoms with Gasteiger partial charge in [0.2, 0.25) is 0 Å². The van der Waals surface area contributed by atoms with E-state index < -0.39 is 5.97 Å². The average Bonchev–Trinajstić information content (AvgIpc) is 2.83. The van der Waals surface area contributed by atoms with Crippen LogP contribution in [0.1, 0.15) is 28.9 Å². The molecule has 1 heterocycles. The molecule has 1 amide bonds. The zero-order chi connectivity index (χ0) is 21.6. The standard InChI is InChI=1S/C26H22N2O3/c1-18(19-10-4-2-5-11-19)27-25(29)17-31-26(30)22-16-24(20-12-6-3-7-13-20)28-23-15-9-8-14-21(22)23/h2-16,18H,17H2,1H3,(H,27,29). The minimum Gasteiger partial charge on any atom is -0.452 e. The molecule has 0 aliphatic rings. The second kappa shape index (κ2) is 9.22. The molecule has 1 N–H and O–H groups in total. The molecule has 0 fully saturated rings. The number of nitrogens with zero attached hydrogens (tertiary/aromatic N) is 1. The smallest absolute Gasteiger partial charge is 0.339 e. The van der Waals surface area contributed by atoms with E-state index in [9.17, 15) is 9.59 Å². The van der Waals surface area contributed by atoms with Gasteiger partial charge in [0.05, 0.1) is 22.8 Å². The SMILES string of the molecule is CC(NC(=O)COC(=O)c1cc(-c2ccccc2)nc2ccccc12)c1ccccc1. The molecule has 1 atom stereocenters. The van der Waals surface area contributed by atoms with Crippen LogP contribution in [0.4, 0.5) is 0 Å². The summed E-state index contributed by atoms with van der Waals surface area (Å²) in [6.07, 6.45) is 0. The van der Waals surface area contributed by atoms with Gasteiger partial charge in [-0.3, -0.25) is 4.79 Å². The molecule has 31 heavy (non-hydrogen) atoms. The van der Waals surface area contributed by atoms with Crippen LogP contribution < -0.4 is 5.32 Å². The molecule has 1 aromatic heterocycles. The fourth-order valence-electron chi connectivity index (χ4n) is 3.42. The Hall–Kier alpha value is -3.99. The summed E-state index contributed by atoms with van der Waals surface area (Å²) >= 11 is 0. The third kappa shape index (κ3) is 4.78. The van der Waals surface area contributed by atoms with Crippen molar-refractivity contribution in [3.8, 4) is 11.3 Å². The van der Waals surface area contributed by atoms with E-state index in [0.717, 1.165) is 11.1 Å². The van der Waals surface area contributed by atoms with Crippen molar-refractivity contribution in [3.63, 3.8) is 0 Å². The number of carbonyl (C=O) groups excluding carboxylic acids is 2. The third-order valence-corrected chi connectivity index (χ3v) is 5.02. The number of benzene rings is 3. The molecule has 0 aliphatic carbocycles. The first-order valence-corrected chi connectivity index (χ1v) is 10.1. The fourth-order valence-corrected chi connectivity index (χ4v) is 3.42. The van der Waals surface area contributed by atoms with Crippen LogP contribution in [-0.4, -0.2) is 23.5 Å². The Kier molecular flexibility index (Phi) is 6.03. The number of hydrogen-bond acceptors (Lipinski definition) is 4. The number of ether oxygens (including phenoxy) is 1. The Bertz CT molecular complexity index is 1210. The highest BCUT2D eigenvalue weighted by Gasteiger charge is 2.17. The molecule has 0 saturated heterocycles. The van der Waals surface area contributed by atoms with Crippen LogP contribution in [-0.2, 0) is 9.53 Å². The molecule has 4 aromatic rings. The number of pyridine rings is 1. The second-order valence-corrected chi connectivity index (χ2v) is 7.21. The topological polar surface area (TPSA) is 68.3 Å². The molecule has 0 aliphatic heterocycles. The van der Waals surface area contributed by atoms with Crippen molar-refractivity contribution in [1.29, 1.82) is 0 Å². The molecular weight excluding hydrogens is 388 g/mol. The van der Waals surface area contributed by atoms with Gasteiger partial charge in [0, 0.05) is 10.9 Å². The summed E-state index contributed by atoms with van der Waals surface area (Å²) in [6, 6.07) is 28.2. The van der Waals surface area contributed by atoms with E-state index in [-0.39, 0.29) is 18.6 Å². The molecule has 0 saturated carbocycles. The number of esters is 1. The van der Waals surface area contributed by atoms with Crippen LogP contribution >= 0.6 is 0 Å². The largest absolute Gasteiger partial charge is 0.452 e. The number of hydrogen-bond donors (Lipinski definition) is 1. The maximum Gasteiger partial charge on any atom is 0.339 e. The Labute approximate surface area is 180 Å². The molecular formula is C26H22N2O3. The lowest BCUT2D eigenvalue weighted by Gasteiger charge is -2.14. The predicted octanol–water partition coefficient (Wildman–Crippen LogP) is 4.94. The molecule has 5 nitrogen and oxygen atoms in total. The summed E-state index contributed by atoms with van der Waals surface area (Å²) in [4.78, 5) is 29.9. The minimum atomic E-state index is -0.557. The molecule has 0 bridgehead atoms. The van der Waals surface area contributed by atoms with E-state index in [4.69, 9.17) is 4.74 Å². The normalized spacial score (nSPS) is 11.6. The van der Waals surface area contributed by atoms with Gasteiger partial charge >= 0.3 is 5.97 Å². The maximum atomic E-state index is 12.9. The van der Waals surface area contributed by atoms with Crippen LogP contribution in [0.2, 0.25) is 0 Å². The van der Waals surface area contributed by atoms with Gasteiger partial charge in [-0.1, -0.05) is 78.9 Å². The highest BCUT2D eigenvalue weighted by atomic mass is 16.5. The van der Waals surface area contributed by atoms with Crippen molar-refractivity contribution in [2.24, 2.45) is 0 Å². The van der Waals surface area contributed by atoms with Crippen molar-refractivity contribution >= 4 is 22.8 Å². The van der Waals surface area contributed by atoms with E-state index in [1.54, 1.807) is 6.07 Å². The summed E-state index contributed by atoms with van der Waals surface area (Å²) in [7, 11) is 0. The minimum absolute atomic E-state index is 0.182. The Morgan fingerprint density at radius 1 is 0.903 bits per heavy atom. The first-order chi connectivity index (χ1) is 15.1. The molecule has 154 valence electrons. The Morgan fingerprint density at radius 3 is 2.29 bits per heavy atom. The summed E-state index contributed by atoms with van der Waals surface area (Å²) in [6.45, 7) is 1.53. The average molecular weight is 410 g/mol. The highest BCUT2D eigenvalue weighted by molar-refractivity contribution is 6.05. The summed E-state index contributed by atoms with van der Waals surface area (Å²) in [5.74, 6) is -0.912. The molecule has 4 rings (SSSR count). The van der Waals surface area contributed by atoms with Crippen LogP contribution in [0.15, 0.2) is 91.0 Å². The first kappa shape index (κ1) is 20.3. The Balaban J connectivity index is 1.51. The first-order valence-electron chi connectivity index (χ1n) is 10.1. The number of fused-ring (bicyclic) bond motifs is 1. The lowest BCUT2D eigenvalue weighted by molar-refractivity contribution is -0.124. The lowest BCUT2D eigenvalue weighted by atomic mass is 10.0. The fraction of sp³-hybridized carbons (Fsp3) is 0.115. The number of aromatic nitrogens is 1. The van der Waals surface area contributed by atoms with Crippen LogP contribution in [0.25, 0.3) is 22.2 Å². The van der Waals surface area contributed by atoms with Gasteiger partial charge in [0.1, 0.15) is 0 Å². The third-order valence-electron chi connectivity index (χ3n) is 5.02. The number of nitrogens with one attached hydrogen (secondary N) is 1. The van der Waals surface area contributed by atoms with E-state index in [2.05, 4.69) is 10.3 Å². The van der Waals surface area contributed by atoms with Gasteiger partial charge in [-0.25, -0.2) is 9.78 Å². The molecule has 0 radical (unpaired) electrons. The van der Waals surface area contributed by atoms with Crippen molar-refractivity contribution in [1.82, 2.24) is 10.3 Å². The van der Waals surface area contributed by atoms with Crippen LogP contribution in [0.5, 0.6) is 0 Å². The molecule has 5 heteroatoms. The number of carbonyl (C=O) groups is 2. The quantitative estimate of drug-likeness (QED) is 0.457. The van der Waals surface area contributed by atoms with Gasteiger partial charge in [-0.15, -0.1) is 0 Å². The van der Waals surface area contributed by atoms with Gasteiger partial charge in [0.15, 0.2) is 6.61 Å². The zero-order valence-electron chi connectivity index (χ0n) is 17.1. The van der Waals surface area contributed by atoms with Crippen LogP contribution in [0, 0.1) is 0 Å². The Morgan fingerprint density at radius 2 is 1.55 bits per heavy atom. The molecule has 3 aromatic carbocycles. The summed E-state index contributed by atoms with van der Waals surface area (Å²) in [5, 5.41) is 3.53. The monoisotopic (exact) mass is 410 g/mol. The van der Waals surface area contributed by atoms with Crippen molar-refractivity contribution in [2.75, 3.05) is 6.61 Å². The van der Waals surface area contributed by atoms with Gasteiger partial charge in [-0.2, -0.15) is 0 Å². The highest BCUT2D eigenvalue weighted by Crippen LogP contribution is 2.25. The van der Waals surface area contributed by atoms with E-state index in [1.165, 1.54) is 0 Å². The van der Waals surface area contributed by atoms with Crippen LogP contribution in [0.3, 0.4) is 0 Å². The van der Waals surface area contributed by atoms with E-state index in [0.29, 0.717) is 22.2 Å². The second-order valence-electron chi connectivity index (χ2n) is 7.21. The summed E-state index contributed by atoms with van der Waals surface area (Å²) < 4.78 is 5.35. The lowest BCUT2D eigenvalue weighted by Crippen LogP contribution is -2.31. The van der Waals surface area contributed by atoms with Crippen molar-refractivity contribution in [2.45, 2.75) is 13.0 Å². The van der Waals surface area contributed by atoms with Gasteiger partial charge in [0.25, 0.3) is 5.91 Å². The van der Waals surface area contributed by atoms with E-state index in [1.807, 2.05) is 91.9 Å². The summed E-state index contributed by atoms with van der Waals surface area (Å²) in [5.41, 5.74) is 3.63.